The molecule has 0 bridgehead atoms. The number of aromatic nitrogens is 5. The summed E-state index contributed by atoms with van der Waals surface area (Å²) in [6.07, 6.45) is 4.73. The van der Waals surface area contributed by atoms with Crippen LogP contribution in [0, 0.1) is 5.92 Å². The van der Waals surface area contributed by atoms with Crippen LogP contribution in [0.2, 0.25) is 0 Å². The molecule has 0 radical (unpaired) electrons. The van der Waals surface area contributed by atoms with Gasteiger partial charge in [-0.15, -0.1) is 0 Å². The van der Waals surface area contributed by atoms with E-state index in [0.29, 0.717) is 29.0 Å². The SMILES string of the molecule is CC(C)CCn1c2nc3ccccc3nc2c2c(=O)n(C[C@H]3CCCO3)cnc21. The van der Waals surface area contributed by atoms with Crippen LogP contribution in [0.4, 0.5) is 0 Å². The van der Waals surface area contributed by atoms with Gasteiger partial charge in [-0.3, -0.25) is 9.36 Å². The van der Waals surface area contributed by atoms with Crippen molar-refractivity contribution in [1.29, 1.82) is 0 Å². The van der Waals surface area contributed by atoms with Gasteiger partial charge < -0.3 is 9.30 Å². The highest BCUT2D eigenvalue weighted by Gasteiger charge is 2.22. The van der Waals surface area contributed by atoms with Gasteiger partial charge in [-0.1, -0.05) is 26.0 Å². The zero-order valence-corrected chi connectivity index (χ0v) is 16.8. The molecule has 150 valence electrons. The summed E-state index contributed by atoms with van der Waals surface area (Å²) in [6, 6.07) is 7.78. The van der Waals surface area contributed by atoms with E-state index in [2.05, 4.69) is 23.4 Å². The number of ether oxygens (including phenoxy) is 1. The van der Waals surface area contributed by atoms with Gasteiger partial charge in [0.25, 0.3) is 5.56 Å². The summed E-state index contributed by atoms with van der Waals surface area (Å²) < 4.78 is 9.44. The van der Waals surface area contributed by atoms with Crippen molar-refractivity contribution in [1.82, 2.24) is 24.1 Å². The van der Waals surface area contributed by atoms with E-state index in [9.17, 15) is 4.79 Å². The lowest BCUT2D eigenvalue weighted by molar-refractivity contribution is 0.0960. The molecule has 1 aliphatic heterocycles. The summed E-state index contributed by atoms with van der Waals surface area (Å²) in [5.74, 6) is 0.538. The third-order valence-electron chi connectivity index (χ3n) is 5.67. The average molecular weight is 391 g/mol. The van der Waals surface area contributed by atoms with E-state index in [1.807, 2.05) is 24.3 Å². The van der Waals surface area contributed by atoms with E-state index in [1.54, 1.807) is 10.9 Å². The lowest BCUT2D eigenvalue weighted by Crippen LogP contribution is -2.26. The third kappa shape index (κ3) is 3.19. The maximum absolute atomic E-state index is 13.4. The van der Waals surface area contributed by atoms with Crippen molar-refractivity contribution in [3.63, 3.8) is 0 Å². The summed E-state index contributed by atoms with van der Waals surface area (Å²) >= 11 is 0. The minimum absolute atomic E-state index is 0.0663. The highest BCUT2D eigenvalue weighted by Crippen LogP contribution is 2.26. The monoisotopic (exact) mass is 391 g/mol. The molecule has 1 saturated heterocycles. The van der Waals surface area contributed by atoms with Gasteiger partial charge in [-0.05, 0) is 37.3 Å². The second kappa shape index (κ2) is 7.22. The molecule has 4 heterocycles. The lowest BCUT2D eigenvalue weighted by atomic mass is 10.1. The smallest absolute Gasteiger partial charge is 0.265 e. The van der Waals surface area contributed by atoms with E-state index in [1.165, 1.54) is 0 Å². The first kappa shape index (κ1) is 18.2. The molecule has 1 fully saturated rings. The molecule has 0 amide bonds. The maximum Gasteiger partial charge on any atom is 0.265 e. The topological polar surface area (TPSA) is 74.8 Å². The van der Waals surface area contributed by atoms with Crippen molar-refractivity contribution in [3.8, 4) is 0 Å². The van der Waals surface area contributed by atoms with Crippen LogP contribution in [0.1, 0.15) is 33.1 Å². The van der Waals surface area contributed by atoms with E-state index in [0.717, 1.165) is 49.1 Å². The second-order valence-corrected chi connectivity index (χ2v) is 8.25. The quantitative estimate of drug-likeness (QED) is 0.520. The fraction of sp³-hybridized carbons (Fsp3) is 0.455. The van der Waals surface area contributed by atoms with Crippen LogP contribution in [0.15, 0.2) is 35.4 Å². The number of nitrogens with zero attached hydrogens (tertiary/aromatic N) is 5. The number of hydrogen-bond acceptors (Lipinski definition) is 5. The molecular weight excluding hydrogens is 366 g/mol. The van der Waals surface area contributed by atoms with Crippen LogP contribution in [0.25, 0.3) is 33.2 Å². The predicted molar refractivity (Wildman–Crippen MR) is 113 cm³/mol. The van der Waals surface area contributed by atoms with Crippen molar-refractivity contribution < 1.29 is 4.74 Å². The number of hydrogen-bond donors (Lipinski definition) is 0. The molecular formula is C22H25N5O2. The van der Waals surface area contributed by atoms with Gasteiger partial charge in [0, 0.05) is 13.2 Å². The molecule has 0 spiro atoms. The van der Waals surface area contributed by atoms with Crippen LogP contribution in [-0.2, 0) is 17.8 Å². The molecule has 1 atom stereocenters. The number of aryl methyl sites for hydroxylation is 1. The molecule has 4 aromatic rings. The zero-order chi connectivity index (χ0) is 20.0. The zero-order valence-electron chi connectivity index (χ0n) is 16.8. The highest BCUT2D eigenvalue weighted by atomic mass is 16.5. The van der Waals surface area contributed by atoms with Crippen molar-refractivity contribution >= 4 is 33.2 Å². The van der Waals surface area contributed by atoms with Crippen LogP contribution in [-0.4, -0.2) is 36.8 Å². The molecule has 0 N–H and O–H groups in total. The van der Waals surface area contributed by atoms with E-state index in [-0.39, 0.29) is 11.7 Å². The van der Waals surface area contributed by atoms with Gasteiger partial charge in [-0.25, -0.2) is 15.0 Å². The van der Waals surface area contributed by atoms with Crippen molar-refractivity contribution in [3.05, 3.63) is 40.9 Å². The Bertz CT molecular complexity index is 1250. The maximum atomic E-state index is 13.4. The van der Waals surface area contributed by atoms with Gasteiger partial charge in [0.15, 0.2) is 11.3 Å². The Morgan fingerprint density at radius 2 is 1.97 bits per heavy atom. The van der Waals surface area contributed by atoms with Crippen LogP contribution in [0.3, 0.4) is 0 Å². The largest absolute Gasteiger partial charge is 0.376 e. The van der Waals surface area contributed by atoms with Crippen molar-refractivity contribution in [2.75, 3.05) is 6.61 Å². The van der Waals surface area contributed by atoms with Gasteiger partial charge in [-0.2, -0.15) is 0 Å². The fourth-order valence-electron chi connectivity index (χ4n) is 4.08. The van der Waals surface area contributed by atoms with Gasteiger partial charge >= 0.3 is 0 Å². The van der Waals surface area contributed by atoms with Crippen LogP contribution in [0.5, 0.6) is 0 Å². The summed E-state index contributed by atoms with van der Waals surface area (Å²) in [4.78, 5) is 27.8. The summed E-state index contributed by atoms with van der Waals surface area (Å²) in [5, 5.41) is 0.558. The number of fused-ring (bicyclic) bond motifs is 4. The summed E-state index contributed by atoms with van der Waals surface area (Å²) in [5.41, 5.74) is 3.60. The van der Waals surface area contributed by atoms with Crippen LogP contribution < -0.4 is 5.56 Å². The fourth-order valence-corrected chi connectivity index (χ4v) is 4.08. The minimum Gasteiger partial charge on any atom is -0.376 e. The molecule has 3 aromatic heterocycles. The Hall–Kier alpha value is -2.80. The molecule has 1 aromatic carbocycles. The molecule has 0 saturated carbocycles. The van der Waals surface area contributed by atoms with Crippen molar-refractivity contribution in [2.24, 2.45) is 5.92 Å². The number of rotatable bonds is 5. The molecule has 5 rings (SSSR count). The van der Waals surface area contributed by atoms with E-state index >= 15 is 0 Å². The standard InChI is InChI=1S/C22H25N5O2/c1-14(2)9-10-27-20-18(19-21(27)25-17-8-4-3-7-16(17)24-19)22(28)26(13-23-20)12-15-6-5-11-29-15/h3-4,7-8,13-15H,5-6,9-12H2,1-2H3/t15-/m1/s1. The number of benzene rings is 1. The van der Waals surface area contributed by atoms with Gasteiger partial charge in [0.2, 0.25) is 0 Å². The third-order valence-corrected chi connectivity index (χ3v) is 5.67. The Labute approximate surface area is 168 Å². The van der Waals surface area contributed by atoms with Gasteiger partial charge in [0.05, 0.1) is 30.0 Å². The second-order valence-electron chi connectivity index (χ2n) is 8.25. The molecule has 1 aliphatic rings. The summed E-state index contributed by atoms with van der Waals surface area (Å²) in [6.45, 7) is 6.43. The molecule has 7 heteroatoms. The normalized spacial score (nSPS) is 17.3. The van der Waals surface area contributed by atoms with Crippen LogP contribution >= 0.6 is 0 Å². The lowest BCUT2D eigenvalue weighted by Gasteiger charge is -2.12. The molecule has 29 heavy (non-hydrogen) atoms. The van der Waals surface area contributed by atoms with Crippen molar-refractivity contribution in [2.45, 2.75) is 52.3 Å². The Balaban J connectivity index is 1.75. The van der Waals surface area contributed by atoms with Gasteiger partial charge in [0.1, 0.15) is 10.9 Å². The number of para-hydroxylation sites is 2. The Morgan fingerprint density at radius 3 is 2.69 bits per heavy atom. The van der Waals surface area contributed by atoms with E-state index in [4.69, 9.17) is 14.7 Å². The predicted octanol–water partition coefficient (Wildman–Crippen LogP) is 3.52. The highest BCUT2D eigenvalue weighted by molar-refractivity contribution is 6.04. The minimum atomic E-state index is -0.0663. The molecule has 0 aliphatic carbocycles. The Morgan fingerprint density at radius 1 is 1.17 bits per heavy atom. The Kier molecular flexibility index (Phi) is 4.54. The molecule has 7 nitrogen and oxygen atoms in total. The molecule has 0 unspecified atom stereocenters. The average Bonchev–Trinajstić information content (AvgIpc) is 3.33. The van der Waals surface area contributed by atoms with E-state index < -0.39 is 0 Å². The first-order chi connectivity index (χ1) is 14.1. The first-order valence-electron chi connectivity index (χ1n) is 10.4. The summed E-state index contributed by atoms with van der Waals surface area (Å²) in [7, 11) is 0. The first-order valence-corrected chi connectivity index (χ1v) is 10.4.